The average molecular weight is 1530 g/mol. The summed E-state index contributed by atoms with van der Waals surface area (Å²) in [5.74, 6) is 2.05. The third-order valence-electron chi connectivity index (χ3n) is 21.5. The Morgan fingerprint density at radius 1 is 0.248 bits per heavy atom. The number of para-hydroxylation sites is 1. The van der Waals surface area contributed by atoms with E-state index in [-0.39, 0.29) is 39.5 Å². The van der Waals surface area contributed by atoms with Crippen molar-refractivity contribution in [2.24, 2.45) is 0 Å². The van der Waals surface area contributed by atoms with E-state index in [1.165, 1.54) is 24.3 Å². The number of aromatic nitrogens is 8. The van der Waals surface area contributed by atoms with Gasteiger partial charge < -0.3 is 9.13 Å². The third-order valence-corrected chi connectivity index (χ3v) is 21.5. The van der Waals surface area contributed by atoms with Crippen molar-refractivity contribution in [3.63, 3.8) is 0 Å². The minimum absolute atomic E-state index is 0.0462. The lowest BCUT2D eigenvalue weighted by Crippen LogP contribution is -2.08. The number of nitriles is 2. The molecule has 0 aliphatic heterocycles. The first-order chi connectivity index (χ1) is 57.0. The Kier molecular flexibility index (Phi) is 17.9. The molecule has 117 heavy (non-hydrogen) atoms. The van der Waals surface area contributed by atoms with Gasteiger partial charge in [-0.15, -0.1) is 0 Å². The minimum atomic E-state index is -4.86. The van der Waals surface area contributed by atoms with E-state index in [2.05, 4.69) is 59.2 Å². The molecule has 0 bridgehead atoms. The van der Waals surface area contributed by atoms with Gasteiger partial charge in [0, 0.05) is 54.9 Å². The zero-order chi connectivity index (χ0) is 79.6. The van der Waals surface area contributed by atoms with E-state index in [0.29, 0.717) is 101 Å². The van der Waals surface area contributed by atoms with E-state index >= 15 is 26.3 Å². The van der Waals surface area contributed by atoms with Gasteiger partial charge in [0.2, 0.25) is 0 Å². The fourth-order valence-corrected chi connectivity index (χ4v) is 15.8. The molecule has 15 aromatic carbocycles. The monoisotopic (exact) mass is 1530 g/mol. The Morgan fingerprint density at radius 2 is 0.632 bits per heavy atom. The van der Waals surface area contributed by atoms with E-state index in [9.17, 15) is 10.5 Å². The highest BCUT2D eigenvalue weighted by atomic mass is 19.4. The number of hydrogen-bond acceptors (Lipinski definition) is 8. The van der Waals surface area contributed by atoms with Gasteiger partial charge in [0.25, 0.3) is 0 Å². The number of hydrogen-bond donors (Lipinski definition) is 0. The molecule has 0 amide bonds. The highest BCUT2D eigenvalue weighted by Crippen LogP contribution is 2.48. The van der Waals surface area contributed by atoms with Crippen molar-refractivity contribution in [1.82, 2.24) is 39.0 Å². The Labute approximate surface area is 667 Å². The van der Waals surface area contributed by atoms with Crippen molar-refractivity contribution in [3.05, 3.63) is 374 Å². The van der Waals surface area contributed by atoms with E-state index in [0.717, 1.165) is 78.3 Å². The van der Waals surface area contributed by atoms with Crippen LogP contribution in [0.3, 0.4) is 0 Å². The van der Waals surface area contributed by atoms with Crippen LogP contribution in [0.25, 0.3) is 190 Å². The lowest BCUT2D eigenvalue weighted by atomic mass is 9.90. The van der Waals surface area contributed by atoms with Crippen LogP contribution in [-0.2, 0) is 12.4 Å². The molecule has 0 aliphatic carbocycles. The maximum atomic E-state index is 16.1. The highest BCUT2D eigenvalue weighted by molar-refractivity contribution is 6.13. The summed E-state index contributed by atoms with van der Waals surface area (Å²) >= 11 is 0. The van der Waals surface area contributed by atoms with Crippen LogP contribution in [0, 0.1) is 29.6 Å². The van der Waals surface area contributed by atoms with Gasteiger partial charge in [-0.3, -0.25) is 0 Å². The molecule has 0 aliphatic rings. The minimum Gasteiger partial charge on any atom is -0.308 e. The van der Waals surface area contributed by atoms with Gasteiger partial charge in [0.1, 0.15) is 0 Å². The van der Waals surface area contributed by atoms with Gasteiger partial charge in [0.05, 0.1) is 67.8 Å². The molecule has 16 heteroatoms. The standard InChI is InChI=1S/C101H60F6N10/c1-61-33-35-63(36-34-61)72-38-45-80-79-30-15-17-32-88(79)117(91(80)56-72)93-58-75(40-47-82(93)99-114-96(66-24-10-4-11-25-66)111-97(115-99)67-26-12-5-13-27-67)83-55-73(41-48-87(83)101(105,106)107)77-44-37-69(52-76(77)60-109)71-43-50-90-85(54-71)84-53-70(68-28-18-19-62(51-68)59-108)42-49-89(84)116(90)92-57-74(78-29-14-16-31-86(78)100(102,103)104)39-46-81(92)98-112-94(64-20-6-2-7-21-64)110-95(113-98)65-22-8-3-9-23-65/h2-58H,1H3. The third kappa shape index (κ3) is 13.4. The maximum absolute atomic E-state index is 16.1. The lowest BCUT2D eigenvalue weighted by molar-refractivity contribution is -0.137. The van der Waals surface area contributed by atoms with Gasteiger partial charge >= 0.3 is 12.4 Å². The van der Waals surface area contributed by atoms with Gasteiger partial charge in [-0.1, -0.05) is 254 Å². The quantitative estimate of drug-likeness (QED) is 0.0983. The number of fused-ring (bicyclic) bond motifs is 6. The lowest BCUT2D eigenvalue weighted by Gasteiger charge is -2.19. The van der Waals surface area contributed by atoms with Crippen molar-refractivity contribution in [2.75, 3.05) is 0 Å². The summed E-state index contributed by atoms with van der Waals surface area (Å²) in [6.45, 7) is 2.03. The molecule has 0 N–H and O–H groups in total. The fraction of sp³-hybridized carbons (Fsp3) is 0.0297. The number of alkyl halides is 6. The highest BCUT2D eigenvalue weighted by Gasteiger charge is 2.36. The molecular weight excluding hydrogens is 1470 g/mol. The molecule has 0 saturated carbocycles. The van der Waals surface area contributed by atoms with Crippen molar-refractivity contribution >= 4 is 43.6 Å². The fourth-order valence-electron chi connectivity index (χ4n) is 15.8. The second kappa shape index (κ2) is 29.2. The molecule has 0 atom stereocenters. The van der Waals surface area contributed by atoms with E-state index in [1.807, 2.05) is 212 Å². The molecule has 19 aromatic rings. The molecular formula is C101H60F6N10. The summed E-state index contributed by atoms with van der Waals surface area (Å²) in [6.07, 6.45) is -9.57. The van der Waals surface area contributed by atoms with Gasteiger partial charge in [-0.25, -0.2) is 29.9 Å². The topological polar surface area (TPSA) is 135 Å². The predicted molar refractivity (Wildman–Crippen MR) is 451 cm³/mol. The first-order valence-electron chi connectivity index (χ1n) is 37.7. The normalized spacial score (nSPS) is 11.7. The number of nitrogens with zero attached hydrogens (tertiary/aromatic N) is 10. The van der Waals surface area contributed by atoms with Gasteiger partial charge in [-0.2, -0.15) is 36.9 Å². The molecule has 556 valence electrons. The second-order valence-electron chi connectivity index (χ2n) is 28.7. The first kappa shape index (κ1) is 71.8. The Balaban J connectivity index is 0.789. The number of aryl methyl sites for hydroxylation is 1. The van der Waals surface area contributed by atoms with Crippen LogP contribution >= 0.6 is 0 Å². The van der Waals surface area contributed by atoms with E-state index in [4.69, 9.17) is 29.9 Å². The number of rotatable bonds is 14. The molecule has 4 heterocycles. The van der Waals surface area contributed by atoms with Crippen molar-refractivity contribution in [2.45, 2.75) is 19.3 Å². The van der Waals surface area contributed by atoms with Crippen LogP contribution in [0.15, 0.2) is 346 Å². The predicted octanol–water partition coefficient (Wildman–Crippen LogP) is 26.3. The molecule has 0 saturated heterocycles. The summed E-state index contributed by atoms with van der Waals surface area (Å²) in [5.41, 5.74) is 13.4. The van der Waals surface area contributed by atoms with E-state index in [1.54, 1.807) is 66.7 Å². The summed E-state index contributed by atoms with van der Waals surface area (Å²) < 4.78 is 98.0. The molecule has 10 nitrogen and oxygen atoms in total. The van der Waals surface area contributed by atoms with Crippen LogP contribution in [-0.4, -0.2) is 39.0 Å². The van der Waals surface area contributed by atoms with E-state index < -0.39 is 23.5 Å². The van der Waals surface area contributed by atoms with Crippen LogP contribution in [0.1, 0.15) is 27.8 Å². The average Bonchev–Trinajstić information content (AvgIpc) is 1.60. The van der Waals surface area contributed by atoms with Gasteiger partial charge in [-0.05, 0) is 171 Å². The van der Waals surface area contributed by atoms with Crippen molar-refractivity contribution < 1.29 is 26.3 Å². The second-order valence-corrected chi connectivity index (χ2v) is 28.7. The molecule has 4 aromatic heterocycles. The van der Waals surface area contributed by atoms with Crippen molar-refractivity contribution in [3.8, 4) is 159 Å². The number of halogens is 6. The summed E-state index contributed by atoms with van der Waals surface area (Å²) in [7, 11) is 0. The largest absolute Gasteiger partial charge is 0.417 e. The first-order valence-corrected chi connectivity index (χ1v) is 37.7. The zero-order valence-corrected chi connectivity index (χ0v) is 62.1. The van der Waals surface area contributed by atoms with Gasteiger partial charge in [0.15, 0.2) is 34.9 Å². The zero-order valence-electron chi connectivity index (χ0n) is 62.1. The molecule has 0 unspecified atom stereocenters. The Hall–Kier alpha value is -15.5. The molecule has 0 radical (unpaired) electrons. The van der Waals surface area contributed by atoms with Crippen LogP contribution in [0.4, 0.5) is 26.3 Å². The summed E-state index contributed by atoms with van der Waals surface area (Å²) in [4.78, 5) is 30.7. The van der Waals surface area contributed by atoms with Crippen molar-refractivity contribution in [1.29, 1.82) is 10.5 Å². The Bertz CT molecular complexity index is 7130. The van der Waals surface area contributed by atoms with Crippen LogP contribution in [0.2, 0.25) is 0 Å². The molecule has 0 fully saturated rings. The SMILES string of the molecule is Cc1ccc(-c2ccc3c4ccccc4n(-c4cc(-c5cc(-c6ccc(-c7ccc8c(c7)c7cc(-c9cccc(C#N)c9)ccc7n8-c7cc(-c8ccccc8C(F)(F)F)ccc7-c7nc(-c8ccccc8)nc(-c8ccccc8)n7)cc6C#N)ccc5C(F)(F)F)ccc4-c4nc(-c5ccccc5)nc(-c5ccccc5)n4)c3c2)cc1. The van der Waals surface area contributed by atoms with Crippen LogP contribution < -0.4 is 0 Å². The molecule has 0 spiro atoms. The Morgan fingerprint density at radius 3 is 1.17 bits per heavy atom. The van der Waals surface area contributed by atoms with Crippen LogP contribution in [0.5, 0.6) is 0 Å². The summed E-state index contributed by atoms with van der Waals surface area (Å²) in [5, 5.41) is 24.7. The number of benzene rings is 15. The summed E-state index contributed by atoms with van der Waals surface area (Å²) in [6, 6.07) is 109. The maximum Gasteiger partial charge on any atom is 0.417 e. The molecule has 19 rings (SSSR count). The smallest absolute Gasteiger partial charge is 0.308 e.